The van der Waals surface area contributed by atoms with Gasteiger partial charge >= 0.3 is 0 Å². The van der Waals surface area contributed by atoms with Crippen LogP contribution in [0.3, 0.4) is 0 Å². The maximum absolute atomic E-state index is 11.1. The first-order valence-electron chi connectivity index (χ1n) is 5.36. The Kier molecular flexibility index (Phi) is 2.53. The fourth-order valence-corrected chi connectivity index (χ4v) is 2.51. The molecule has 1 aromatic carbocycles. The molecule has 0 bridgehead atoms. The SMILES string of the molecule is NC(=O)c1cc2nc(-c3ccccc3)ncc2s1. The number of carbonyl (C=O) groups is 1. The first-order valence-corrected chi connectivity index (χ1v) is 6.17. The van der Waals surface area contributed by atoms with Crippen LogP contribution in [-0.4, -0.2) is 15.9 Å². The Morgan fingerprint density at radius 2 is 2.00 bits per heavy atom. The highest BCUT2D eigenvalue weighted by Crippen LogP contribution is 2.25. The largest absolute Gasteiger partial charge is 0.365 e. The molecule has 4 nitrogen and oxygen atoms in total. The van der Waals surface area contributed by atoms with Gasteiger partial charge in [0.1, 0.15) is 0 Å². The molecule has 2 aromatic heterocycles. The number of fused-ring (bicyclic) bond motifs is 1. The summed E-state index contributed by atoms with van der Waals surface area (Å²) < 4.78 is 0.864. The summed E-state index contributed by atoms with van der Waals surface area (Å²) in [7, 11) is 0. The van der Waals surface area contributed by atoms with Crippen LogP contribution >= 0.6 is 11.3 Å². The Morgan fingerprint density at radius 1 is 1.22 bits per heavy atom. The average molecular weight is 255 g/mol. The van der Waals surface area contributed by atoms with E-state index in [-0.39, 0.29) is 0 Å². The number of benzene rings is 1. The minimum atomic E-state index is -0.431. The topological polar surface area (TPSA) is 68.9 Å². The van der Waals surface area contributed by atoms with Crippen molar-refractivity contribution in [1.29, 1.82) is 0 Å². The lowest BCUT2D eigenvalue weighted by molar-refractivity contribution is 0.100. The third kappa shape index (κ3) is 1.84. The average Bonchev–Trinajstić information content (AvgIpc) is 2.82. The summed E-state index contributed by atoms with van der Waals surface area (Å²) in [5, 5.41) is 0. The third-order valence-corrected chi connectivity index (χ3v) is 3.62. The Balaban J connectivity index is 2.14. The van der Waals surface area contributed by atoms with Crippen LogP contribution in [0, 0.1) is 0 Å². The van der Waals surface area contributed by atoms with Gasteiger partial charge in [-0.3, -0.25) is 4.79 Å². The Bertz CT molecular complexity index is 721. The summed E-state index contributed by atoms with van der Waals surface area (Å²) in [6, 6.07) is 11.4. The monoisotopic (exact) mass is 255 g/mol. The molecule has 0 aliphatic rings. The summed E-state index contributed by atoms with van der Waals surface area (Å²) in [6.07, 6.45) is 1.72. The molecule has 0 aliphatic heterocycles. The van der Waals surface area contributed by atoms with Gasteiger partial charge in [0.2, 0.25) is 0 Å². The number of primary amides is 1. The van der Waals surface area contributed by atoms with Crippen molar-refractivity contribution in [2.24, 2.45) is 5.73 Å². The smallest absolute Gasteiger partial charge is 0.258 e. The Hall–Kier alpha value is -2.27. The summed E-state index contributed by atoms with van der Waals surface area (Å²) in [6.45, 7) is 0. The van der Waals surface area contributed by atoms with Gasteiger partial charge < -0.3 is 5.73 Å². The zero-order valence-corrected chi connectivity index (χ0v) is 10.1. The van der Waals surface area contributed by atoms with Gasteiger partial charge in [-0.2, -0.15) is 0 Å². The van der Waals surface area contributed by atoms with Crippen LogP contribution in [0.15, 0.2) is 42.6 Å². The van der Waals surface area contributed by atoms with Crippen LogP contribution in [0.1, 0.15) is 9.67 Å². The van der Waals surface area contributed by atoms with Gasteiger partial charge in [-0.25, -0.2) is 9.97 Å². The molecular weight excluding hydrogens is 246 g/mol. The van der Waals surface area contributed by atoms with E-state index in [1.807, 2.05) is 30.3 Å². The molecule has 0 radical (unpaired) electrons. The van der Waals surface area contributed by atoms with Crippen molar-refractivity contribution in [2.75, 3.05) is 0 Å². The highest BCUT2D eigenvalue weighted by Gasteiger charge is 2.09. The van der Waals surface area contributed by atoms with E-state index in [1.165, 1.54) is 11.3 Å². The van der Waals surface area contributed by atoms with Gasteiger partial charge in [0.05, 0.1) is 15.1 Å². The van der Waals surface area contributed by atoms with Crippen molar-refractivity contribution in [3.05, 3.63) is 47.5 Å². The number of nitrogens with zero attached hydrogens (tertiary/aromatic N) is 2. The van der Waals surface area contributed by atoms with E-state index in [2.05, 4.69) is 9.97 Å². The second kappa shape index (κ2) is 4.19. The number of hydrogen-bond donors (Lipinski definition) is 1. The van der Waals surface area contributed by atoms with Gasteiger partial charge in [0, 0.05) is 11.8 Å². The van der Waals surface area contributed by atoms with E-state index >= 15 is 0 Å². The molecule has 0 spiro atoms. The molecular formula is C13H9N3OS. The Labute approximate surface area is 107 Å². The lowest BCUT2D eigenvalue weighted by Crippen LogP contribution is -2.08. The zero-order chi connectivity index (χ0) is 12.5. The molecule has 0 saturated carbocycles. The Morgan fingerprint density at radius 3 is 2.72 bits per heavy atom. The van der Waals surface area contributed by atoms with Gasteiger partial charge in [-0.1, -0.05) is 30.3 Å². The first-order chi connectivity index (χ1) is 8.74. The maximum Gasteiger partial charge on any atom is 0.258 e. The van der Waals surface area contributed by atoms with E-state index in [0.717, 1.165) is 15.8 Å². The first kappa shape index (κ1) is 10.9. The number of hydrogen-bond acceptors (Lipinski definition) is 4. The summed E-state index contributed by atoms with van der Waals surface area (Å²) in [5.41, 5.74) is 6.95. The predicted octanol–water partition coefficient (Wildman–Crippen LogP) is 2.46. The van der Waals surface area contributed by atoms with E-state index in [9.17, 15) is 4.79 Å². The predicted molar refractivity (Wildman–Crippen MR) is 71.4 cm³/mol. The quantitative estimate of drug-likeness (QED) is 0.764. The number of amides is 1. The van der Waals surface area contributed by atoms with Crippen LogP contribution in [0.4, 0.5) is 0 Å². The van der Waals surface area contributed by atoms with Crippen molar-refractivity contribution in [3.8, 4) is 11.4 Å². The number of rotatable bonds is 2. The van der Waals surface area contributed by atoms with Gasteiger partial charge in [-0.05, 0) is 6.07 Å². The molecule has 18 heavy (non-hydrogen) atoms. The highest BCUT2D eigenvalue weighted by atomic mass is 32.1. The van der Waals surface area contributed by atoms with Crippen LogP contribution in [0.2, 0.25) is 0 Å². The van der Waals surface area contributed by atoms with Crippen LogP contribution in [0.5, 0.6) is 0 Å². The van der Waals surface area contributed by atoms with E-state index in [4.69, 9.17) is 5.73 Å². The molecule has 0 saturated heterocycles. The second-order valence-corrected chi connectivity index (χ2v) is 4.87. The fraction of sp³-hybridized carbons (Fsp3) is 0. The lowest BCUT2D eigenvalue weighted by atomic mass is 10.2. The molecule has 0 fully saturated rings. The van der Waals surface area contributed by atoms with Crippen LogP contribution in [-0.2, 0) is 0 Å². The van der Waals surface area contributed by atoms with Crippen LogP contribution < -0.4 is 5.73 Å². The van der Waals surface area contributed by atoms with Crippen molar-refractivity contribution >= 4 is 27.5 Å². The molecule has 0 aliphatic carbocycles. The number of carbonyl (C=O) groups excluding carboxylic acids is 1. The maximum atomic E-state index is 11.1. The summed E-state index contributed by atoms with van der Waals surface area (Å²) in [5.74, 6) is 0.219. The fourth-order valence-electron chi connectivity index (χ4n) is 1.69. The standard InChI is InChI=1S/C13H9N3OS/c14-12(17)10-6-9-11(18-10)7-15-13(16-9)8-4-2-1-3-5-8/h1-7H,(H2,14,17). The molecule has 3 rings (SSSR count). The van der Waals surface area contributed by atoms with Gasteiger partial charge in [0.15, 0.2) is 5.82 Å². The molecule has 0 atom stereocenters. The second-order valence-electron chi connectivity index (χ2n) is 3.78. The van der Waals surface area contributed by atoms with Crippen molar-refractivity contribution in [3.63, 3.8) is 0 Å². The molecule has 0 unspecified atom stereocenters. The minimum absolute atomic E-state index is 0.431. The van der Waals surface area contributed by atoms with E-state index in [1.54, 1.807) is 12.3 Å². The highest BCUT2D eigenvalue weighted by molar-refractivity contribution is 7.20. The van der Waals surface area contributed by atoms with E-state index < -0.39 is 5.91 Å². The molecule has 3 aromatic rings. The lowest BCUT2D eigenvalue weighted by Gasteiger charge is -1.98. The van der Waals surface area contributed by atoms with Crippen molar-refractivity contribution < 1.29 is 4.79 Å². The molecule has 5 heteroatoms. The minimum Gasteiger partial charge on any atom is -0.365 e. The van der Waals surface area contributed by atoms with Gasteiger partial charge in [0.25, 0.3) is 5.91 Å². The third-order valence-electron chi connectivity index (χ3n) is 2.55. The van der Waals surface area contributed by atoms with Gasteiger partial charge in [-0.15, -0.1) is 11.3 Å². The normalized spacial score (nSPS) is 10.7. The number of aromatic nitrogens is 2. The zero-order valence-electron chi connectivity index (χ0n) is 9.33. The van der Waals surface area contributed by atoms with E-state index in [0.29, 0.717) is 10.7 Å². The van der Waals surface area contributed by atoms with Crippen molar-refractivity contribution in [2.45, 2.75) is 0 Å². The summed E-state index contributed by atoms with van der Waals surface area (Å²) >= 11 is 1.31. The van der Waals surface area contributed by atoms with Crippen molar-refractivity contribution in [1.82, 2.24) is 9.97 Å². The summed E-state index contributed by atoms with van der Waals surface area (Å²) in [4.78, 5) is 20.4. The molecule has 1 amide bonds. The van der Waals surface area contributed by atoms with Crippen LogP contribution in [0.25, 0.3) is 21.6 Å². The number of nitrogens with two attached hydrogens (primary N) is 1. The molecule has 2 N–H and O–H groups in total. The molecule has 2 heterocycles. The molecule has 88 valence electrons. The number of thiophene rings is 1.